The number of hydrogen-bond donors (Lipinski definition) is 1. The van der Waals surface area contributed by atoms with Gasteiger partial charge >= 0.3 is 0 Å². The molecular formula is C29H34IN3O5S. The molecule has 0 heterocycles. The molecule has 2 amide bonds. The first kappa shape index (κ1) is 30.4. The first-order valence-corrected chi connectivity index (χ1v) is 15.1. The van der Waals surface area contributed by atoms with Crippen LogP contribution in [0.3, 0.4) is 0 Å². The predicted octanol–water partition coefficient (Wildman–Crippen LogP) is 4.83. The maximum Gasteiger partial charge on any atom is 0.264 e. The number of methoxy groups -OCH3 is 1. The summed E-state index contributed by atoms with van der Waals surface area (Å²) in [6.45, 7) is 5.11. The van der Waals surface area contributed by atoms with Gasteiger partial charge in [0.1, 0.15) is 18.3 Å². The van der Waals surface area contributed by atoms with Gasteiger partial charge in [0.2, 0.25) is 11.8 Å². The number of benzene rings is 3. The molecule has 208 valence electrons. The summed E-state index contributed by atoms with van der Waals surface area (Å²) in [6.07, 6.45) is 0.734. The second kappa shape index (κ2) is 13.8. The number of anilines is 1. The SMILES string of the molecule is CC[C@H](C)NC(=O)[C@H](C)N(Cc1cccc(OC)c1)C(=O)CN(c1ccc(I)cc1)S(=O)(=O)c1ccccc1. The molecule has 0 saturated carbocycles. The summed E-state index contributed by atoms with van der Waals surface area (Å²) in [5.74, 6) is -0.209. The Morgan fingerprint density at radius 3 is 2.26 bits per heavy atom. The molecule has 0 unspecified atom stereocenters. The van der Waals surface area contributed by atoms with E-state index >= 15 is 0 Å². The van der Waals surface area contributed by atoms with Crippen LogP contribution in [0.4, 0.5) is 5.69 Å². The highest BCUT2D eigenvalue weighted by atomic mass is 127. The zero-order valence-electron chi connectivity index (χ0n) is 22.5. The highest BCUT2D eigenvalue weighted by molar-refractivity contribution is 14.1. The van der Waals surface area contributed by atoms with Crippen molar-refractivity contribution >= 4 is 50.1 Å². The number of carbonyl (C=O) groups excluding carboxylic acids is 2. The maximum atomic E-state index is 13.9. The van der Waals surface area contributed by atoms with Gasteiger partial charge in [-0.2, -0.15) is 0 Å². The molecule has 0 aromatic heterocycles. The van der Waals surface area contributed by atoms with E-state index in [9.17, 15) is 18.0 Å². The average molecular weight is 664 g/mol. The van der Waals surface area contributed by atoms with E-state index in [0.717, 1.165) is 19.9 Å². The van der Waals surface area contributed by atoms with E-state index in [4.69, 9.17) is 4.74 Å². The number of ether oxygens (including phenoxy) is 1. The molecule has 0 spiro atoms. The third kappa shape index (κ3) is 7.95. The Labute approximate surface area is 244 Å². The van der Waals surface area contributed by atoms with Gasteiger partial charge in [-0.3, -0.25) is 13.9 Å². The van der Waals surface area contributed by atoms with Crippen LogP contribution in [0.1, 0.15) is 32.8 Å². The lowest BCUT2D eigenvalue weighted by Gasteiger charge is -2.32. The fraction of sp³-hybridized carbons (Fsp3) is 0.310. The molecular weight excluding hydrogens is 629 g/mol. The van der Waals surface area contributed by atoms with E-state index in [2.05, 4.69) is 27.9 Å². The Balaban J connectivity index is 2.01. The van der Waals surface area contributed by atoms with Crippen molar-refractivity contribution in [2.24, 2.45) is 0 Å². The van der Waals surface area contributed by atoms with Crippen molar-refractivity contribution in [3.05, 3.63) is 88.0 Å². The molecule has 0 saturated heterocycles. The summed E-state index contributed by atoms with van der Waals surface area (Å²) >= 11 is 2.14. The average Bonchev–Trinajstić information content (AvgIpc) is 2.95. The van der Waals surface area contributed by atoms with Crippen LogP contribution in [0, 0.1) is 3.57 Å². The van der Waals surface area contributed by atoms with Crippen LogP contribution in [0.2, 0.25) is 0 Å². The van der Waals surface area contributed by atoms with Crippen LogP contribution in [-0.2, 0) is 26.2 Å². The summed E-state index contributed by atoms with van der Waals surface area (Å²) in [5.41, 5.74) is 1.10. The van der Waals surface area contributed by atoms with Crippen LogP contribution in [0.5, 0.6) is 5.75 Å². The highest BCUT2D eigenvalue weighted by Gasteiger charge is 2.32. The Bertz CT molecular complexity index is 1370. The van der Waals surface area contributed by atoms with Gasteiger partial charge in [-0.05, 0) is 97.0 Å². The lowest BCUT2D eigenvalue weighted by Crippen LogP contribution is -2.52. The summed E-state index contributed by atoms with van der Waals surface area (Å²) in [6, 6.07) is 21.2. The van der Waals surface area contributed by atoms with Gasteiger partial charge < -0.3 is 15.0 Å². The van der Waals surface area contributed by atoms with Gasteiger partial charge in [-0.1, -0.05) is 37.3 Å². The molecule has 1 N–H and O–H groups in total. The maximum absolute atomic E-state index is 13.9. The van der Waals surface area contributed by atoms with E-state index in [-0.39, 0.29) is 23.4 Å². The first-order valence-electron chi connectivity index (χ1n) is 12.6. The van der Waals surface area contributed by atoms with E-state index in [0.29, 0.717) is 11.4 Å². The van der Waals surface area contributed by atoms with Gasteiger partial charge in [-0.15, -0.1) is 0 Å². The van der Waals surface area contributed by atoms with Crippen molar-refractivity contribution in [2.75, 3.05) is 18.0 Å². The summed E-state index contributed by atoms with van der Waals surface area (Å²) in [5, 5.41) is 2.93. The minimum atomic E-state index is -4.09. The minimum absolute atomic E-state index is 0.0678. The molecule has 0 bridgehead atoms. The number of hydrogen-bond acceptors (Lipinski definition) is 5. The van der Waals surface area contributed by atoms with Crippen molar-refractivity contribution in [3.8, 4) is 5.75 Å². The minimum Gasteiger partial charge on any atom is -0.497 e. The second-order valence-corrected chi connectivity index (χ2v) is 12.3. The fourth-order valence-electron chi connectivity index (χ4n) is 3.87. The molecule has 0 aliphatic heterocycles. The van der Waals surface area contributed by atoms with Gasteiger partial charge in [0.05, 0.1) is 17.7 Å². The lowest BCUT2D eigenvalue weighted by atomic mass is 10.1. The standard InChI is InChI=1S/C29H34IN3O5S/c1-5-21(2)31-29(35)22(3)32(19-23-10-9-11-26(18-23)38-4)28(34)20-33(25-16-14-24(30)15-17-25)39(36,37)27-12-7-6-8-13-27/h6-18,21-22H,5,19-20H2,1-4H3,(H,31,35)/t21-,22-/m0/s1. The number of amides is 2. The van der Waals surface area contributed by atoms with Crippen molar-refractivity contribution in [2.45, 2.75) is 50.7 Å². The molecule has 2 atom stereocenters. The van der Waals surface area contributed by atoms with Gasteiger partial charge in [-0.25, -0.2) is 8.42 Å². The monoisotopic (exact) mass is 663 g/mol. The van der Waals surface area contributed by atoms with Crippen molar-refractivity contribution in [1.82, 2.24) is 10.2 Å². The number of sulfonamides is 1. The van der Waals surface area contributed by atoms with Crippen molar-refractivity contribution < 1.29 is 22.7 Å². The highest BCUT2D eigenvalue weighted by Crippen LogP contribution is 2.25. The molecule has 3 rings (SSSR count). The molecule has 3 aromatic carbocycles. The molecule has 0 fully saturated rings. The third-order valence-electron chi connectivity index (χ3n) is 6.38. The Morgan fingerprint density at radius 2 is 1.64 bits per heavy atom. The van der Waals surface area contributed by atoms with Gasteiger partial charge in [0, 0.05) is 16.2 Å². The van der Waals surface area contributed by atoms with E-state index < -0.39 is 28.5 Å². The molecule has 0 aliphatic carbocycles. The quantitative estimate of drug-likeness (QED) is 0.281. The van der Waals surface area contributed by atoms with Crippen LogP contribution in [0.15, 0.2) is 83.8 Å². The smallest absolute Gasteiger partial charge is 0.264 e. The number of nitrogens with zero attached hydrogens (tertiary/aromatic N) is 2. The Kier molecular flexibility index (Phi) is 10.8. The second-order valence-electron chi connectivity index (χ2n) is 9.17. The summed E-state index contributed by atoms with van der Waals surface area (Å²) < 4.78 is 34.9. The van der Waals surface area contributed by atoms with E-state index in [1.54, 1.807) is 74.7 Å². The number of halogens is 1. The zero-order valence-corrected chi connectivity index (χ0v) is 25.5. The third-order valence-corrected chi connectivity index (χ3v) is 8.89. The topological polar surface area (TPSA) is 96.0 Å². The first-order chi connectivity index (χ1) is 18.6. The predicted molar refractivity (Wildman–Crippen MR) is 161 cm³/mol. The normalized spacial score (nSPS) is 12.7. The van der Waals surface area contributed by atoms with Crippen LogP contribution in [0.25, 0.3) is 0 Å². The van der Waals surface area contributed by atoms with E-state index in [1.165, 1.54) is 17.0 Å². The van der Waals surface area contributed by atoms with Crippen LogP contribution < -0.4 is 14.4 Å². The van der Waals surface area contributed by atoms with Crippen LogP contribution >= 0.6 is 22.6 Å². The zero-order chi connectivity index (χ0) is 28.6. The van der Waals surface area contributed by atoms with Gasteiger partial charge in [0.25, 0.3) is 10.0 Å². The molecule has 3 aromatic rings. The molecule has 0 aliphatic rings. The Morgan fingerprint density at radius 1 is 0.974 bits per heavy atom. The Hall–Kier alpha value is -3.12. The molecule has 0 radical (unpaired) electrons. The number of nitrogens with one attached hydrogen (secondary N) is 1. The molecule has 10 heteroatoms. The number of carbonyl (C=O) groups is 2. The fourth-order valence-corrected chi connectivity index (χ4v) is 5.67. The molecule has 8 nitrogen and oxygen atoms in total. The summed E-state index contributed by atoms with van der Waals surface area (Å²) in [4.78, 5) is 28.5. The van der Waals surface area contributed by atoms with Crippen LogP contribution in [-0.4, -0.2) is 50.9 Å². The largest absolute Gasteiger partial charge is 0.497 e. The molecule has 39 heavy (non-hydrogen) atoms. The summed E-state index contributed by atoms with van der Waals surface area (Å²) in [7, 11) is -2.53. The van der Waals surface area contributed by atoms with Gasteiger partial charge in [0.15, 0.2) is 0 Å². The number of rotatable bonds is 12. The van der Waals surface area contributed by atoms with Crippen molar-refractivity contribution in [1.29, 1.82) is 0 Å². The lowest BCUT2D eigenvalue weighted by molar-refractivity contribution is -0.139. The van der Waals surface area contributed by atoms with E-state index in [1.807, 2.05) is 19.9 Å². The van der Waals surface area contributed by atoms with Crippen molar-refractivity contribution in [3.63, 3.8) is 0 Å².